The monoisotopic (exact) mass is 315 g/mol. The summed E-state index contributed by atoms with van der Waals surface area (Å²) in [5.41, 5.74) is 2.22. The molecule has 0 aliphatic carbocycles. The second kappa shape index (κ2) is 7.11. The fraction of sp³-hybridized carbons (Fsp3) is 0.533. The Morgan fingerprint density at radius 2 is 2.14 bits per heavy atom. The van der Waals surface area contributed by atoms with Gasteiger partial charge in [0.2, 0.25) is 0 Å². The molecule has 1 aliphatic rings. The van der Waals surface area contributed by atoms with Crippen LogP contribution in [0.3, 0.4) is 0 Å². The second-order valence-corrected chi connectivity index (χ2v) is 5.34. The molecule has 0 spiro atoms. The number of pyridine rings is 1. The van der Waals surface area contributed by atoms with Gasteiger partial charge in [0, 0.05) is 37.6 Å². The molecule has 0 amide bonds. The number of halogens is 3. The number of β-amino-alcohol motifs (C(OH)–C–C–N with tert-alkyl or cyclic N) is 1. The number of hydrogen-bond donors (Lipinski definition) is 1. The number of nitrogens with zero attached hydrogens (tertiary/aromatic N) is 3. The Morgan fingerprint density at radius 3 is 2.77 bits per heavy atom. The summed E-state index contributed by atoms with van der Waals surface area (Å²) in [6.45, 7) is 3.73. The molecular formula is C15H20F3N3O. The predicted molar refractivity (Wildman–Crippen MR) is 76.7 cm³/mol. The summed E-state index contributed by atoms with van der Waals surface area (Å²) in [6.07, 6.45) is 0.451. The molecule has 2 heterocycles. The van der Waals surface area contributed by atoms with Crippen LogP contribution in [0.1, 0.15) is 23.2 Å². The third-order valence-corrected chi connectivity index (χ3v) is 3.54. The van der Waals surface area contributed by atoms with E-state index >= 15 is 0 Å². The highest BCUT2D eigenvalue weighted by atomic mass is 19.4. The van der Waals surface area contributed by atoms with E-state index in [4.69, 9.17) is 5.11 Å². The van der Waals surface area contributed by atoms with Crippen LogP contribution in [0.25, 0.3) is 0 Å². The van der Waals surface area contributed by atoms with Gasteiger partial charge in [-0.15, -0.1) is 0 Å². The molecule has 0 aromatic carbocycles. The number of aliphatic hydroxyl groups is 1. The fourth-order valence-electron chi connectivity index (χ4n) is 2.44. The van der Waals surface area contributed by atoms with Crippen LogP contribution in [-0.4, -0.2) is 46.0 Å². The minimum atomic E-state index is -4.15. The lowest BCUT2D eigenvalue weighted by Gasteiger charge is -2.28. The molecular weight excluding hydrogens is 295 g/mol. The van der Waals surface area contributed by atoms with E-state index in [-0.39, 0.29) is 13.0 Å². The lowest BCUT2D eigenvalue weighted by molar-refractivity contribution is -0.134. The third-order valence-electron chi connectivity index (χ3n) is 3.54. The molecule has 1 N–H and O–H groups in total. The Balaban J connectivity index is 1.97. The summed E-state index contributed by atoms with van der Waals surface area (Å²) in [5.74, 6) is 0. The maximum Gasteiger partial charge on any atom is 0.389 e. The topological polar surface area (TPSA) is 39.6 Å². The number of aliphatic hydroxyl groups excluding tert-OH is 1. The first-order valence-electron chi connectivity index (χ1n) is 7.19. The molecule has 7 heteroatoms. The first-order chi connectivity index (χ1) is 10.4. The summed E-state index contributed by atoms with van der Waals surface area (Å²) in [7, 11) is 0. The Hall–Kier alpha value is -1.60. The highest BCUT2D eigenvalue weighted by Crippen LogP contribution is 2.23. The summed E-state index contributed by atoms with van der Waals surface area (Å²) in [6, 6.07) is 1.88. The minimum absolute atomic E-state index is 0.0640. The Bertz CT molecular complexity index is 531. The third kappa shape index (κ3) is 4.71. The zero-order valence-corrected chi connectivity index (χ0v) is 12.5. The second-order valence-electron chi connectivity index (χ2n) is 5.34. The van der Waals surface area contributed by atoms with Crippen molar-refractivity contribution in [1.29, 1.82) is 0 Å². The van der Waals surface area contributed by atoms with Gasteiger partial charge in [0.1, 0.15) is 0 Å². The van der Waals surface area contributed by atoms with Crippen molar-refractivity contribution in [2.75, 3.05) is 19.7 Å². The zero-order valence-electron chi connectivity index (χ0n) is 12.5. The van der Waals surface area contributed by atoms with Gasteiger partial charge >= 0.3 is 6.18 Å². The number of alkyl halides is 3. The van der Waals surface area contributed by atoms with Gasteiger partial charge in [-0.05, 0) is 24.5 Å². The molecule has 0 fully saturated rings. The molecule has 0 saturated carbocycles. The number of hydrogen-bond acceptors (Lipinski definition) is 4. The highest BCUT2D eigenvalue weighted by molar-refractivity contribution is 5.24. The van der Waals surface area contributed by atoms with Crippen molar-refractivity contribution in [3.63, 3.8) is 0 Å². The molecule has 1 aliphatic heterocycles. The van der Waals surface area contributed by atoms with Gasteiger partial charge in [0.15, 0.2) is 0 Å². The molecule has 1 aromatic rings. The van der Waals surface area contributed by atoms with E-state index in [2.05, 4.69) is 4.98 Å². The van der Waals surface area contributed by atoms with Crippen LogP contribution in [0.5, 0.6) is 0 Å². The van der Waals surface area contributed by atoms with Crippen LogP contribution in [0, 0.1) is 6.92 Å². The number of aromatic nitrogens is 1. The van der Waals surface area contributed by atoms with E-state index in [1.165, 1.54) is 0 Å². The van der Waals surface area contributed by atoms with Crippen molar-refractivity contribution < 1.29 is 18.3 Å². The van der Waals surface area contributed by atoms with Gasteiger partial charge in [-0.25, -0.2) is 5.01 Å². The quantitative estimate of drug-likeness (QED) is 0.875. The van der Waals surface area contributed by atoms with E-state index in [0.29, 0.717) is 18.8 Å². The average molecular weight is 315 g/mol. The number of aryl methyl sites for hydroxylation is 2. The van der Waals surface area contributed by atoms with Gasteiger partial charge in [-0.2, -0.15) is 13.2 Å². The molecule has 0 bridgehead atoms. The maximum atomic E-state index is 12.3. The molecule has 0 atom stereocenters. The lowest BCUT2D eigenvalue weighted by atomic mass is 10.1. The van der Waals surface area contributed by atoms with Crippen LogP contribution < -0.4 is 0 Å². The SMILES string of the molecule is Cc1cc(CN2CC=CN2CCO)cnc1CCC(F)(F)F. The summed E-state index contributed by atoms with van der Waals surface area (Å²) in [4.78, 5) is 4.18. The maximum absolute atomic E-state index is 12.3. The van der Waals surface area contributed by atoms with E-state index in [1.54, 1.807) is 13.1 Å². The standard InChI is InChI=1S/C15H20F3N3O/c1-12-9-13(10-19-14(12)3-4-15(16,17)18)11-21-6-2-5-20(21)7-8-22/h2,5,9-10,22H,3-4,6-8,11H2,1H3. The lowest BCUT2D eigenvalue weighted by Crippen LogP contribution is -2.36. The first-order valence-corrected chi connectivity index (χ1v) is 7.19. The molecule has 0 unspecified atom stereocenters. The minimum Gasteiger partial charge on any atom is -0.394 e. The van der Waals surface area contributed by atoms with Crippen molar-refractivity contribution in [3.05, 3.63) is 41.4 Å². The van der Waals surface area contributed by atoms with Crippen molar-refractivity contribution in [2.24, 2.45) is 0 Å². The molecule has 22 heavy (non-hydrogen) atoms. The van der Waals surface area contributed by atoms with Crippen molar-refractivity contribution in [3.8, 4) is 0 Å². The van der Waals surface area contributed by atoms with Crippen molar-refractivity contribution in [2.45, 2.75) is 32.5 Å². The van der Waals surface area contributed by atoms with E-state index in [0.717, 1.165) is 17.7 Å². The fourth-order valence-corrected chi connectivity index (χ4v) is 2.44. The number of hydrazine groups is 1. The van der Waals surface area contributed by atoms with Crippen molar-refractivity contribution in [1.82, 2.24) is 15.0 Å². The van der Waals surface area contributed by atoms with E-state index in [9.17, 15) is 13.2 Å². The largest absolute Gasteiger partial charge is 0.394 e. The van der Waals surface area contributed by atoms with Gasteiger partial charge in [-0.3, -0.25) is 4.98 Å². The van der Waals surface area contributed by atoms with Gasteiger partial charge in [-0.1, -0.05) is 12.1 Å². The van der Waals surface area contributed by atoms with E-state index < -0.39 is 12.6 Å². The zero-order chi connectivity index (χ0) is 16.2. The Kier molecular flexibility index (Phi) is 5.42. The normalized spacial score (nSPS) is 15.8. The first kappa shape index (κ1) is 16.8. The van der Waals surface area contributed by atoms with Crippen LogP contribution in [0.4, 0.5) is 13.2 Å². The Labute approximate surface area is 127 Å². The molecule has 1 aromatic heterocycles. The molecule has 0 saturated heterocycles. The predicted octanol–water partition coefficient (Wildman–Crippen LogP) is 2.42. The van der Waals surface area contributed by atoms with Crippen LogP contribution in [0.2, 0.25) is 0 Å². The van der Waals surface area contributed by atoms with Gasteiger partial charge < -0.3 is 10.1 Å². The Morgan fingerprint density at radius 1 is 1.36 bits per heavy atom. The highest BCUT2D eigenvalue weighted by Gasteiger charge is 2.27. The molecule has 0 radical (unpaired) electrons. The molecule has 4 nitrogen and oxygen atoms in total. The molecule has 2 rings (SSSR count). The van der Waals surface area contributed by atoms with Crippen LogP contribution in [0.15, 0.2) is 24.5 Å². The summed E-state index contributed by atoms with van der Waals surface area (Å²) >= 11 is 0. The van der Waals surface area contributed by atoms with Crippen LogP contribution in [-0.2, 0) is 13.0 Å². The summed E-state index contributed by atoms with van der Waals surface area (Å²) in [5, 5.41) is 13.0. The molecule has 122 valence electrons. The van der Waals surface area contributed by atoms with Crippen molar-refractivity contribution >= 4 is 0 Å². The summed E-state index contributed by atoms with van der Waals surface area (Å²) < 4.78 is 36.8. The number of rotatable bonds is 6. The average Bonchev–Trinajstić information content (AvgIpc) is 2.84. The van der Waals surface area contributed by atoms with Crippen LogP contribution >= 0.6 is 0 Å². The van der Waals surface area contributed by atoms with E-state index in [1.807, 2.05) is 28.4 Å². The smallest absolute Gasteiger partial charge is 0.389 e. The van der Waals surface area contributed by atoms with Gasteiger partial charge in [0.05, 0.1) is 13.2 Å². The van der Waals surface area contributed by atoms with Gasteiger partial charge in [0.25, 0.3) is 0 Å².